The van der Waals surface area contributed by atoms with Crippen molar-refractivity contribution in [1.29, 1.82) is 0 Å². The van der Waals surface area contributed by atoms with Gasteiger partial charge in [0.2, 0.25) is 11.9 Å². The fourth-order valence-corrected chi connectivity index (χ4v) is 13.8. The molecule has 6 aromatic heterocycles. The Hall–Kier alpha value is -12.3. The molecule has 0 saturated carbocycles. The number of nitrogens with zero attached hydrogens (tertiary/aromatic N) is 8. The lowest BCUT2D eigenvalue weighted by Gasteiger charge is -2.12. The van der Waals surface area contributed by atoms with E-state index in [2.05, 4.69) is 316 Å². The van der Waals surface area contributed by atoms with Crippen LogP contribution in [0.15, 0.2) is 315 Å². The third-order valence-electron chi connectivity index (χ3n) is 17.9. The number of benzene rings is 13. The molecule has 0 saturated heterocycles. The first-order valence-electron chi connectivity index (χ1n) is 30.5. The summed E-state index contributed by atoms with van der Waals surface area (Å²) >= 11 is 0. The minimum atomic E-state index is 0.656. The highest BCUT2D eigenvalue weighted by molar-refractivity contribution is 6.21. The summed E-state index contributed by atoms with van der Waals surface area (Å²) in [6, 6.07) is 111. The number of fused-ring (bicyclic) bond motifs is 14. The van der Waals surface area contributed by atoms with Crippen LogP contribution in [0.25, 0.3) is 166 Å². The van der Waals surface area contributed by atoms with Gasteiger partial charge in [0.1, 0.15) is 0 Å². The van der Waals surface area contributed by atoms with Crippen LogP contribution in [-0.4, -0.2) is 38.2 Å². The number of para-hydroxylation sites is 8. The van der Waals surface area contributed by atoms with Gasteiger partial charge >= 0.3 is 0 Å². The lowest BCUT2D eigenvalue weighted by atomic mass is 10.0. The van der Waals surface area contributed by atoms with Gasteiger partial charge in [-0.1, -0.05) is 231 Å². The van der Waals surface area contributed by atoms with Crippen LogP contribution in [0.3, 0.4) is 0 Å². The van der Waals surface area contributed by atoms with E-state index in [1.54, 1.807) is 0 Å². The van der Waals surface area contributed by atoms with Crippen molar-refractivity contribution in [2.75, 3.05) is 0 Å². The standard InChI is InChI=1S/C44H28N4.C38H24N4/c1-3-13-29(14-4-1)30-23-25-31(26-24-30)43-35-19-7-10-20-38(35)45-44(46-43)48-40-22-12-9-18-34(40)37-27-36-33-17-8-11-21-39(33)47(41(36)28-42(37)48)32-15-5-2-6-16-32;1-3-13-25(14-4-1)37-29-19-7-10-20-32(29)39-38(40-37)42-34-22-12-9-18-28(34)31-23-30-27-17-8-11-21-33(27)41(35(30)24-36(31)42)26-15-5-2-6-16-26/h1-28H;1-24H. The molecule has 0 atom stereocenters. The Kier molecular flexibility index (Phi) is 11.7. The van der Waals surface area contributed by atoms with Gasteiger partial charge in [-0.15, -0.1) is 0 Å². The third-order valence-corrected chi connectivity index (χ3v) is 17.9. The molecule has 0 aliphatic carbocycles. The third kappa shape index (κ3) is 8.16. The number of aromatic nitrogens is 8. The van der Waals surface area contributed by atoms with Gasteiger partial charge in [0.15, 0.2) is 0 Å². The molecule has 90 heavy (non-hydrogen) atoms. The smallest absolute Gasteiger partial charge is 0.235 e. The molecule has 19 rings (SSSR count). The van der Waals surface area contributed by atoms with Crippen molar-refractivity contribution in [2.45, 2.75) is 0 Å². The Morgan fingerprint density at radius 1 is 0.178 bits per heavy atom. The molecule has 0 amide bonds. The Balaban J connectivity index is 0.000000135. The van der Waals surface area contributed by atoms with Gasteiger partial charge in [-0.2, -0.15) is 0 Å². The molecule has 13 aromatic carbocycles. The van der Waals surface area contributed by atoms with Gasteiger partial charge in [-0.05, 0) is 96.1 Å². The van der Waals surface area contributed by atoms with E-state index in [4.69, 9.17) is 19.9 Å². The van der Waals surface area contributed by atoms with Gasteiger partial charge < -0.3 is 9.13 Å². The van der Waals surface area contributed by atoms with Crippen LogP contribution < -0.4 is 0 Å². The van der Waals surface area contributed by atoms with Crippen molar-refractivity contribution in [3.8, 4) is 56.9 Å². The summed E-state index contributed by atoms with van der Waals surface area (Å²) in [5, 5.41) is 11.7. The van der Waals surface area contributed by atoms with Crippen LogP contribution >= 0.6 is 0 Å². The number of hydrogen-bond donors (Lipinski definition) is 0. The van der Waals surface area contributed by atoms with E-state index in [1.165, 1.54) is 65.3 Å². The van der Waals surface area contributed by atoms with Crippen molar-refractivity contribution in [1.82, 2.24) is 38.2 Å². The average molecular weight is 1150 g/mol. The Morgan fingerprint density at radius 3 is 0.856 bits per heavy atom. The molecule has 0 N–H and O–H groups in total. The monoisotopic (exact) mass is 1150 g/mol. The number of rotatable bonds is 7. The van der Waals surface area contributed by atoms with E-state index in [0.717, 1.165) is 88.8 Å². The minimum absolute atomic E-state index is 0.656. The fourth-order valence-electron chi connectivity index (χ4n) is 13.8. The second kappa shape index (κ2) is 20.7. The summed E-state index contributed by atoms with van der Waals surface area (Å²) in [6.45, 7) is 0. The van der Waals surface area contributed by atoms with E-state index in [1.807, 2.05) is 18.2 Å². The number of hydrogen-bond acceptors (Lipinski definition) is 4. The molecule has 0 spiro atoms. The summed E-state index contributed by atoms with van der Waals surface area (Å²) in [5.74, 6) is 1.32. The molecule has 8 nitrogen and oxygen atoms in total. The Morgan fingerprint density at radius 2 is 0.456 bits per heavy atom. The van der Waals surface area contributed by atoms with Crippen molar-refractivity contribution < 1.29 is 0 Å². The van der Waals surface area contributed by atoms with Crippen LogP contribution in [0.5, 0.6) is 0 Å². The largest absolute Gasteiger partial charge is 0.309 e. The van der Waals surface area contributed by atoms with E-state index in [0.29, 0.717) is 11.9 Å². The Labute approximate surface area is 516 Å². The second-order valence-corrected chi connectivity index (χ2v) is 22.9. The van der Waals surface area contributed by atoms with Crippen molar-refractivity contribution >= 4 is 109 Å². The molecule has 6 heterocycles. The first kappa shape index (κ1) is 51.0. The Bertz CT molecular complexity index is 6000. The van der Waals surface area contributed by atoms with Gasteiger partial charge in [0, 0.05) is 76.4 Å². The van der Waals surface area contributed by atoms with Gasteiger partial charge in [0.25, 0.3) is 0 Å². The zero-order valence-corrected chi connectivity index (χ0v) is 48.6. The summed E-state index contributed by atoms with van der Waals surface area (Å²) in [6.07, 6.45) is 0. The molecule has 0 aliphatic rings. The highest BCUT2D eigenvalue weighted by Crippen LogP contribution is 2.43. The molecule has 0 aliphatic heterocycles. The molecule has 0 unspecified atom stereocenters. The first-order chi connectivity index (χ1) is 44.7. The van der Waals surface area contributed by atoms with Crippen LogP contribution in [-0.2, 0) is 0 Å². The van der Waals surface area contributed by atoms with E-state index in [9.17, 15) is 0 Å². The summed E-state index contributed by atoms with van der Waals surface area (Å²) in [4.78, 5) is 21.0. The second-order valence-electron chi connectivity index (χ2n) is 22.9. The highest BCUT2D eigenvalue weighted by Gasteiger charge is 2.23. The van der Waals surface area contributed by atoms with Crippen molar-refractivity contribution in [3.05, 3.63) is 315 Å². The minimum Gasteiger partial charge on any atom is -0.309 e. The maximum absolute atomic E-state index is 5.36. The molecule has 19 aromatic rings. The molecular weight excluding hydrogens is 1100 g/mol. The maximum Gasteiger partial charge on any atom is 0.235 e. The molecule has 0 radical (unpaired) electrons. The molecular formula is C82H52N8. The van der Waals surface area contributed by atoms with Gasteiger partial charge in [0.05, 0.1) is 66.6 Å². The fraction of sp³-hybridized carbons (Fsp3) is 0. The predicted molar refractivity (Wildman–Crippen MR) is 373 cm³/mol. The van der Waals surface area contributed by atoms with E-state index < -0.39 is 0 Å². The predicted octanol–water partition coefficient (Wildman–Crippen LogP) is 20.6. The quantitative estimate of drug-likeness (QED) is 0.159. The van der Waals surface area contributed by atoms with Crippen LogP contribution in [0.1, 0.15) is 0 Å². The SMILES string of the molecule is c1ccc(-c2ccc(-c3nc(-n4c5ccccc5c5cc6c7ccccc7n(-c7ccccc7)c6cc54)nc4ccccc34)cc2)cc1.c1ccc(-c2nc(-n3c4ccccc4c4cc5c6ccccc6n(-c6ccccc6)c5cc43)nc3ccccc23)cc1. The van der Waals surface area contributed by atoms with E-state index >= 15 is 0 Å². The van der Waals surface area contributed by atoms with Gasteiger partial charge in [-0.3, -0.25) is 9.13 Å². The lowest BCUT2D eigenvalue weighted by molar-refractivity contribution is 1.01. The molecule has 420 valence electrons. The van der Waals surface area contributed by atoms with Crippen LogP contribution in [0.2, 0.25) is 0 Å². The van der Waals surface area contributed by atoms with Crippen molar-refractivity contribution in [2.24, 2.45) is 0 Å². The molecule has 0 fully saturated rings. The summed E-state index contributed by atoms with van der Waals surface area (Å²) in [7, 11) is 0. The lowest BCUT2D eigenvalue weighted by Crippen LogP contribution is -2.03. The maximum atomic E-state index is 5.36. The molecule has 0 bridgehead atoms. The summed E-state index contributed by atoms with van der Waals surface area (Å²) in [5.41, 5.74) is 19.5. The van der Waals surface area contributed by atoms with Crippen molar-refractivity contribution in [3.63, 3.8) is 0 Å². The molecule has 8 heteroatoms. The topological polar surface area (TPSA) is 71.3 Å². The first-order valence-corrected chi connectivity index (χ1v) is 30.5. The highest BCUT2D eigenvalue weighted by atomic mass is 15.2. The zero-order chi connectivity index (χ0) is 59.2. The zero-order valence-electron chi connectivity index (χ0n) is 48.6. The van der Waals surface area contributed by atoms with E-state index in [-0.39, 0.29) is 0 Å². The van der Waals surface area contributed by atoms with Crippen LogP contribution in [0.4, 0.5) is 0 Å². The summed E-state index contributed by atoms with van der Waals surface area (Å²) < 4.78 is 9.21. The average Bonchev–Trinajstić information content (AvgIpc) is 1.59. The normalized spacial score (nSPS) is 11.8. The van der Waals surface area contributed by atoms with Gasteiger partial charge in [-0.25, -0.2) is 19.9 Å². The van der Waals surface area contributed by atoms with Crippen LogP contribution in [0, 0.1) is 0 Å².